The summed E-state index contributed by atoms with van der Waals surface area (Å²) >= 11 is 5.93. The third-order valence-corrected chi connectivity index (χ3v) is 4.31. The van der Waals surface area contributed by atoms with Crippen LogP contribution in [0, 0.1) is 0 Å². The van der Waals surface area contributed by atoms with Gasteiger partial charge in [-0.2, -0.15) is 0 Å². The van der Waals surface area contributed by atoms with Gasteiger partial charge in [0.05, 0.1) is 7.11 Å². The molecule has 2 atom stereocenters. The lowest BCUT2D eigenvalue weighted by molar-refractivity contribution is 0.413. The highest BCUT2D eigenvalue weighted by molar-refractivity contribution is 6.30. The fourth-order valence-corrected chi connectivity index (χ4v) is 2.63. The molecule has 0 aliphatic rings. The lowest BCUT2D eigenvalue weighted by atomic mass is 9.97. The van der Waals surface area contributed by atoms with Gasteiger partial charge in [-0.25, -0.2) is 0 Å². The Bertz CT molecular complexity index is 582. The lowest BCUT2D eigenvalue weighted by Gasteiger charge is -2.17. The summed E-state index contributed by atoms with van der Waals surface area (Å²) in [4.78, 5) is 0. The van der Waals surface area contributed by atoms with Crippen molar-refractivity contribution >= 4 is 11.6 Å². The van der Waals surface area contributed by atoms with Crippen molar-refractivity contribution in [3.8, 4) is 5.75 Å². The average molecular weight is 318 g/mol. The second kappa shape index (κ2) is 8.21. The van der Waals surface area contributed by atoms with Gasteiger partial charge in [-0.3, -0.25) is 0 Å². The van der Waals surface area contributed by atoms with Crippen LogP contribution in [0.3, 0.4) is 0 Å². The van der Waals surface area contributed by atoms with Crippen LogP contribution in [0.4, 0.5) is 0 Å². The van der Waals surface area contributed by atoms with Gasteiger partial charge in [-0.05, 0) is 61.2 Å². The molecule has 3 heteroatoms. The van der Waals surface area contributed by atoms with Gasteiger partial charge in [-0.1, -0.05) is 42.8 Å². The lowest BCUT2D eigenvalue weighted by Crippen LogP contribution is -2.21. The number of rotatable bonds is 7. The van der Waals surface area contributed by atoms with Crippen molar-refractivity contribution in [2.45, 2.75) is 32.2 Å². The summed E-state index contributed by atoms with van der Waals surface area (Å²) in [5.41, 5.74) is 2.58. The Balaban J connectivity index is 1.83. The summed E-state index contributed by atoms with van der Waals surface area (Å²) in [6.07, 6.45) is 1.09. The minimum atomic E-state index is 0.313. The number of benzene rings is 2. The molecule has 0 heterocycles. The standard InChI is InChI=1S/C19H24ClNO/c1-14(16-7-9-18(20)10-8-16)11-12-21-15(2)17-5-4-6-19(13-17)22-3/h4-10,13-15,21H,11-12H2,1-3H3. The molecule has 22 heavy (non-hydrogen) atoms. The topological polar surface area (TPSA) is 21.3 Å². The number of hydrogen-bond donors (Lipinski definition) is 1. The van der Waals surface area contributed by atoms with E-state index in [1.54, 1.807) is 7.11 Å². The molecule has 0 aliphatic carbocycles. The maximum Gasteiger partial charge on any atom is 0.119 e. The zero-order valence-electron chi connectivity index (χ0n) is 13.5. The number of halogens is 1. The van der Waals surface area contributed by atoms with Crippen LogP contribution >= 0.6 is 11.6 Å². The van der Waals surface area contributed by atoms with Crippen molar-refractivity contribution < 1.29 is 4.74 Å². The van der Waals surface area contributed by atoms with Gasteiger partial charge in [0, 0.05) is 11.1 Å². The first-order valence-electron chi connectivity index (χ1n) is 7.73. The number of nitrogens with one attached hydrogen (secondary N) is 1. The normalized spacial score (nSPS) is 13.6. The number of methoxy groups -OCH3 is 1. The van der Waals surface area contributed by atoms with Crippen LogP contribution in [-0.4, -0.2) is 13.7 Å². The second-order valence-electron chi connectivity index (χ2n) is 5.69. The summed E-state index contributed by atoms with van der Waals surface area (Å²) < 4.78 is 5.28. The van der Waals surface area contributed by atoms with Gasteiger partial charge >= 0.3 is 0 Å². The monoisotopic (exact) mass is 317 g/mol. The van der Waals surface area contributed by atoms with Gasteiger partial charge in [0.1, 0.15) is 5.75 Å². The van der Waals surface area contributed by atoms with Crippen LogP contribution in [0.2, 0.25) is 5.02 Å². The molecular formula is C19H24ClNO. The highest BCUT2D eigenvalue weighted by Gasteiger charge is 2.08. The first-order chi connectivity index (χ1) is 10.6. The maximum absolute atomic E-state index is 5.93. The predicted octanol–water partition coefficient (Wildman–Crippen LogP) is 5.19. The molecule has 2 unspecified atom stereocenters. The molecule has 2 aromatic rings. The third kappa shape index (κ3) is 4.75. The van der Waals surface area contributed by atoms with Crippen molar-refractivity contribution in [1.29, 1.82) is 0 Å². The van der Waals surface area contributed by atoms with E-state index in [0.717, 1.165) is 23.7 Å². The van der Waals surface area contributed by atoms with E-state index in [4.69, 9.17) is 16.3 Å². The van der Waals surface area contributed by atoms with Crippen LogP contribution < -0.4 is 10.1 Å². The van der Waals surface area contributed by atoms with E-state index in [2.05, 4.69) is 43.4 Å². The molecule has 1 N–H and O–H groups in total. The van der Waals surface area contributed by atoms with Gasteiger partial charge in [0.15, 0.2) is 0 Å². The molecule has 0 spiro atoms. The third-order valence-electron chi connectivity index (χ3n) is 4.06. The SMILES string of the molecule is COc1cccc(C(C)NCCC(C)c2ccc(Cl)cc2)c1. The van der Waals surface area contributed by atoms with E-state index in [1.807, 2.05) is 24.3 Å². The van der Waals surface area contributed by atoms with Crippen molar-refractivity contribution in [2.75, 3.05) is 13.7 Å². The molecule has 0 aromatic heterocycles. The zero-order chi connectivity index (χ0) is 15.9. The molecule has 0 fully saturated rings. The minimum absolute atomic E-state index is 0.313. The molecule has 0 saturated carbocycles. The highest BCUT2D eigenvalue weighted by Crippen LogP contribution is 2.22. The quantitative estimate of drug-likeness (QED) is 0.758. The van der Waals surface area contributed by atoms with E-state index in [1.165, 1.54) is 11.1 Å². The fraction of sp³-hybridized carbons (Fsp3) is 0.368. The van der Waals surface area contributed by atoms with Gasteiger partial charge in [-0.15, -0.1) is 0 Å². The summed E-state index contributed by atoms with van der Waals surface area (Å²) in [5.74, 6) is 1.42. The molecular weight excluding hydrogens is 294 g/mol. The van der Waals surface area contributed by atoms with Crippen LogP contribution in [0.25, 0.3) is 0 Å². The van der Waals surface area contributed by atoms with Crippen LogP contribution in [0.15, 0.2) is 48.5 Å². The van der Waals surface area contributed by atoms with Crippen molar-refractivity contribution in [3.63, 3.8) is 0 Å². The summed E-state index contributed by atoms with van der Waals surface area (Å²) in [6.45, 7) is 5.41. The first-order valence-corrected chi connectivity index (χ1v) is 8.10. The summed E-state index contributed by atoms with van der Waals surface area (Å²) in [5, 5.41) is 4.37. The summed E-state index contributed by atoms with van der Waals surface area (Å²) in [7, 11) is 1.70. The van der Waals surface area contributed by atoms with Crippen molar-refractivity contribution in [3.05, 3.63) is 64.7 Å². The molecule has 118 valence electrons. The Morgan fingerprint density at radius 2 is 1.77 bits per heavy atom. The van der Waals surface area contributed by atoms with Crippen molar-refractivity contribution in [1.82, 2.24) is 5.32 Å². The molecule has 0 radical (unpaired) electrons. The Kier molecular flexibility index (Phi) is 6.29. The van der Waals surface area contributed by atoms with Gasteiger partial charge in [0.2, 0.25) is 0 Å². The molecule has 0 bridgehead atoms. The zero-order valence-corrected chi connectivity index (χ0v) is 14.2. The molecule has 0 saturated heterocycles. The maximum atomic E-state index is 5.93. The Labute approximate surface area is 138 Å². The fourth-order valence-electron chi connectivity index (χ4n) is 2.50. The van der Waals surface area contributed by atoms with Crippen LogP contribution in [0.5, 0.6) is 5.75 Å². The highest BCUT2D eigenvalue weighted by atomic mass is 35.5. The Morgan fingerprint density at radius 3 is 2.45 bits per heavy atom. The van der Waals surface area contributed by atoms with E-state index < -0.39 is 0 Å². The van der Waals surface area contributed by atoms with E-state index >= 15 is 0 Å². The molecule has 2 rings (SSSR count). The van der Waals surface area contributed by atoms with Crippen molar-refractivity contribution in [2.24, 2.45) is 0 Å². The average Bonchev–Trinajstić information content (AvgIpc) is 2.55. The summed E-state index contributed by atoms with van der Waals surface area (Å²) in [6, 6.07) is 16.7. The number of hydrogen-bond acceptors (Lipinski definition) is 2. The van der Waals surface area contributed by atoms with E-state index in [9.17, 15) is 0 Å². The smallest absolute Gasteiger partial charge is 0.119 e. The minimum Gasteiger partial charge on any atom is -0.497 e. The largest absolute Gasteiger partial charge is 0.497 e. The predicted molar refractivity (Wildman–Crippen MR) is 93.9 cm³/mol. The van der Waals surface area contributed by atoms with Crippen LogP contribution in [0.1, 0.15) is 43.4 Å². The van der Waals surface area contributed by atoms with Gasteiger partial charge < -0.3 is 10.1 Å². The van der Waals surface area contributed by atoms with E-state index in [0.29, 0.717) is 12.0 Å². The Morgan fingerprint density at radius 1 is 1.05 bits per heavy atom. The molecule has 0 amide bonds. The first kappa shape index (κ1) is 16.9. The van der Waals surface area contributed by atoms with Crippen LogP contribution in [-0.2, 0) is 0 Å². The van der Waals surface area contributed by atoms with E-state index in [-0.39, 0.29) is 0 Å². The molecule has 0 aliphatic heterocycles. The molecule has 2 nitrogen and oxygen atoms in total. The molecule has 2 aromatic carbocycles. The Hall–Kier alpha value is -1.51. The van der Waals surface area contributed by atoms with Gasteiger partial charge in [0.25, 0.3) is 0 Å². The second-order valence-corrected chi connectivity index (χ2v) is 6.13. The number of ether oxygens (including phenoxy) is 1.